The van der Waals surface area contributed by atoms with Crippen LogP contribution in [-0.2, 0) is 0 Å². The number of aromatic nitrogens is 2. The Morgan fingerprint density at radius 2 is 1.89 bits per heavy atom. The van der Waals surface area contributed by atoms with Gasteiger partial charge >= 0.3 is 0 Å². The second-order valence-corrected chi connectivity index (χ2v) is 3.65. The zero-order valence-corrected chi connectivity index (χ0v) is 9.15. The van der Waals surface area contributed by atoms with Crippen LogP contribution in [0.1, 0.15) is 0 Å². The largest absolute Gasteiger partial charge is 0.382 e. The minimum atomic E-state index is 0.0247. The van der Waals surface area contributed by atoms with Gasteiger partial charge in [0.15, 0.2) is 17.5 Å². The monoisotopic (exact) mass is 246 g/mol. The highest BCUT2D eigenvalue weighted by Gasteiger charge is 2.28. The lowest BCUT2D eigenvalue weighted by atomic mass is 10.2. The average Bonchev–Trinajstić information content (AvgIpc) is 2.29. The molecule has 10 heteroatoms. The predicted octanol–water partition coefficient (Wildman–Crippen LogP) is -1.58. The molecule has 0 saturated carbocycles. The lowest BCUT2D eigenvalue weighted by molar-refractivity contribution is 0.604. The molecule has 0 fully saturated rings. The summed E-state index contributed by atoms with van der Waals surface area (Å²) in [4.78, 5) is 16.0. The fourth-order valence-corrected chi connectivity index (χ4v) is 1.68. The second-order valence-electron chi connectivity index (χ2n) is 3.65. The molecule has 18 heavy (non-hydrogen) atoms. The number of fused-ring (bicyclic) bond motifs is 2. The van der Waals surface area contributed by atoms with Crippen LogP contribution in [-0.4, -0.2) is 27.2 Å². The molecule has 0 aliphatic carbocycles. The fourth-order valence-electron chi connectivity index (χ4n) is 1.68. The highest BCUT2D eigenvalue weighted by Crippen LogP contribution is 2.37. The van der Waals surface area contributed by atoms with Crippen LogP contribution in [0.2, 0.25) is 0 Å². The number of anilines is 3. The fraction of sp³-hybridized carbons (Fsp3) is 0. The molecule has 92 valence electrons. The molecule has 8 N–H and O–H groups in total. The van der Waals surface area contributed by atoms with Crippen molar-refractivity contribution in [1.29, 1.82) is 0 Å². The Labute approximate surface area is 101 Å². The van der Waals surface area contributed by atoms with Crippen LogP contribution in [0.25, 0.3) is 0 Å². The standard InChI is InChI=1S/C8H10N10/c9-5-4-7(16-8(10)14-5)15-6-3(18(4)12)1-17(11)2-13-6/h1-2H,11-12H2,(H4,9,10,14,16). The first-order valence-electron chi connectivity index (χ1n) is 4.92. The summed E-state index contributed by atoms with van der Waals surface area (Å²) in [6, 6.07) is 0. The Morgan fingerprint density at radius 1 is 1.11 bits per heavy atom. The zero-order valence-electron chi connectivity index (χ0n) is 9.15. The quantitative estimate of drug-likeness (QED) is 0.399. The highest BCUT2D eigenvalue weighted by atomic mass is 15.5. The number of rotatable bonds is 0. The third-order valence-corrected chi connectivity index (χ3v) is 2.44. The third-order valence-electron chi connectivity index (χ3n) is 2.44. The lowest BCUT2D eigenvalue weighted by Gasteiger charge is -2.29. The van der Waals surface area contributed by atoms with E-state index < -0.39 is 0 Å². The van der Waals surface area contributed by atoms with Crippen molar-refractivity contribution in [2.75, 3.05) is 16.5 Å². The van der Waals surface area contributed by atoms with E-state index in [1.54, 1.807) is 6.20 Å². The number of nitrogens with two attached hydrogens (primary N) is 4. The maximum absolute atomic E-state index is 5.94. The molecule has 0 unspecified atom stereocenters. The van der Waals surface area contributed by atoms with Crippen molar-refractivity contribution in [3.8, 4) is 0 Å². The minimum Gasteiger partial charge on any atom is -0.382 e. The summed E-state index contributed by atoms with van der Waals surface area (Å²) in [6.45, 7) is 0. The van der Waals surface area contributed by atoms with Crippen molar-refractivity contribution in [2.45, 2.75) is 0 Å². The Bertz CT molecular complexity index is 615. The van der Waals surface area contributed by atoms with E-state index in [2.05, 4.69) is 20.0 Å². The number of nitrogen functional groups attached to an aromatic ring is 2. The van der Waals surface area contributed by atoms with Crippen molar-refractivity contribution >= 4 is 35.4 Å². The van der Waals surface area contributed by atoms with E-state index in [0.717, 1.165) is 0 Å². The molecule has 1 aromatic rings. The smallest absolute Gasteiger partial charge is 0.224 e. The van der Waals surface area contributed by atoms with Gasteiger partial charge in [0, 0.05) is 0 Å². The molecule has 2 aliphatic heterocycles. The van der Waals surface area contributed by atoms with Crippen molar-refractivity contribution in [1.82, 2.24) is 15.0 Å². The number of hydrazine groups is 2. The summed E-state index contributed by atoms with van der Waals surface area (Å²) >= 11 is 0. The summed E-state index contributed by atoms with van der Waals surface area (Å²) in [5, 5.41) is 2.54. The number of nitrogens with zero attached hydrogens (tertiary/aromatic N) is 6. The van der Waals surface area contributed by atoms with Crippen LogP contribution in [0.3, 0.4) is 0 Å². The van der Waals surface area contributed by atoms with Crippen LogP contribution in [0.4, 0.5) is 23.3 Å². The van der Waals surface area contributed by atoms with E-state index in [1.807, 2.05) is 0 Å². The van der Waals surface area contributed by atoms with Crippen molar-refractivity contribution in [3.05, 3.63) is 11.9 Å². The molecular formula is C8H10N10. The zero-order chi connectivity index (χ0) is 12.9. The maximum Gasteiger partial charge on any atom is 0.224 e. The Hall–Kier alpha value is -2.72. The summed E-state index contributed by atoms with van der Waals surface area (Å²) in [6.07, 6.45) is 2.96. The Balaban J connectivity index is 2.24. The number of hydrogen-bond donors (Lipinski definition) is 4. The molecule has 0 spiro atoms. The second kappa shape index (κ2) is 3.38. The number of hydrogen-bond acceptors (Lipinski definition) is 10. The van der Waals surface area contributed by atoms with Gasteiger partial charge in [0.05, 0.1) is 6.20 Å². The minimum absolute atomic E-state index is 0.0247. The number of aliphatic imine (C=N–C) groups is 2. The highest BCUT2D eigenvalue weighted by molar-refractivity contribution is 6.11. The molecule has 1 aromatic heterocycles. The Kier molecular flexibility index (Phi) is 1.96. The molecule has 0 radical (unpaired) electrons. The van der Waals surface area contributed by atoms with Crippen LogP contribution < -0.4 is 28.2 Å². The van der Waals surface area contributed by atoms with Gasteiger partial charge in [-0.25, -0.2) is 21.7 Å². The normalized spacial score (nSPS) is 17.0. The van der Waals surface area contributed by atoms with E-state index >= 15 is 0 Å². The molecule has 0 aromatic carbocycles. The predicted molar refractivity (Wildman–Crippen MR) is 67.2 cm³/mol. The van der Waals surface area contributed by atoms with Gasteiger partial charge in [0.2, 0.25) is 5.95 Å². The molecule has 3 rings (SSSR count). The van der Waals surface area contributed by atoms with Gasteiger partial charge in [-0.2, -0.15) is 9.97 Å². The van der Waals surface area contributed by atoms with E-state index in [1.165, 1.54) is 16.4 Å². The van der Waals surface area contributed by atoms with Crippen molar-refractivity contribution < 1.29 is 0 Å². The molecule has 3 heterocycles. The van der Waals surface area contributed by atoms with E-state index in [4.69, 9.17) is 23.2 Å². The first kappa shape index (κ1) is 10.4. The molecular weight excluding hydrogens is 236 g/mol. The van der Waals surface area contributed by atoms with Gasteiger partial charge < -0.3 is 11.5 Å². The van der Waals surface area contributed by atoms with Crippen molar-refractivity contribution in [3.63, 3.8) is 0 Å². The maximum atomic E-state index is 5.94. The van der Waals surface area contributed by atoms with E-state index in [0.29, 0.717) is 17.2 Å². The molecule has 0 atom stereocenters. The first-order valence-corrected chi connectivity index (χ1v) is 4.92. The van der Waals surface area contributed by atoms with Crippen LogP contribution in [0.5, 0.6) is 0 Å². The summed E-state index contributed by atoms with van der Waals surface area (Å²) < 4.78 is 0. The van der Waals surface area contributed by atoms with Crippen LogP contribution in [0.15, 0.2) is 21.9 Å². The van der Waals surface area contributed by atoms with Crippen LogP contribution >= 0.6 is 0 Å². The van der Waals surface area contributed by atoms with Gasteiger partial charge in [-0.1, -0.05) is 0 Å². The van der Waals surface area contributed by atoms with Gasteiger partial charge in [-0.05, 0) is 0 Å². The first-order chi connectivity index (χ1) is 8.56. The van der Waals surface area contributed by atoms with Gasteiger partial charge in [-0.15, -0.1) is 0 Å². The molecule has 0 saturated heterocycles. The Morgan fingerprint density at radius 3 is 2.67 bits per heavy atom. The van der Waals surface area contributed by atoms with Gasteiger partial charge in [0.1, 0.15) is 17.7 Å². The summed E-state index contributed by atoms with van der Waals surface area (Å²) in [7, 11) is 0. The number of amidine groups is 1. The van der Waals surface area contributed by atoms with Crippen molar-refractivity contribution in [2.24, 2.45) is 21.7 Å². The summed E-state index contributed by atoms with van der Waals surface area (Å²) in [5.74, 6) is 12.3. The van der Waals surface area contributed by atoms with Crippen LogP contribution in [0, 0.1) is 0 Å². The lowest BCUT2D eigenvalue weighted by Crippen LogP contribution is -2.41. The topological polar surface area (TPSA) is 161 Å². The van der Waals surface area contributed by atoms with E-state index in [-0.39, 0.29) is 17.6 Å². The molecule has 10 nitrogen and oxygen atoms in total. The molecule has 2 aliphatic rings. The third kappa shape index (κ3) is 1.37. The van der Waals surface area contributed by atoms with E-state index in [9.17, 15) is 0 Å². The molecule has 0 amide bonds. The van der Waals surface area contributed by atoms with Gasteiger partial charge in [0.25, 0.3) is 0 Å². The molecule has 0 bridgehead atoms. The SMILES string of the molecule is Nc1nc(N)c2c(n1)N=C1N=CN(N)C=C1N2N. The summed E-state index contributed by atoms with van der Waals surface area (Å²) in [5.41, 5.74) is 12.1. The average molecular weight is 246 g/mol. The van der Waals surface area contributed by atoms with Gasteiger partial charge in [-0.3, -0.25) is 10.0 Å².